The zero-order valence-corrected chi connectivity index (χ0v) is 7.54. The van der Waals surface area contributed by atoms with E-state index in [2.05, 4.69) is 0 Å². The molecule has 15 heavy (non-hydrogen) atoms. The topological polar surface area (TPSA) is 34.1 Å². The first-order chi connectivity index (χ1) is 6.95. The standard InChI is InChI=1S/C10H7F3O2/c11-10(12,13)9(15)8-3-1-7(2-4-8)5-6-14/h1-4,6H,5H2. The summed E-state index contributed by atoms with van der Waals surface area (Å²) in [7, 11) is 0. The first-order valence-corrected chi connectivity index (χ1v) is 4.09. The van der Waals surface area contributed by atoms with Crippen LogP contribution in [-0.4, -0.2) is 18.2 Å². The molecule has 0 saturated carbocycles. The molecule has 1 aromatic rings. The van der Waals surface area contributed by atoms with Crippen molar-refractivity contribution in [1.29, 1.82) is 0 Å². The number of benzene rings is 1. The molecule has 0 amide bonds. The molecule has 1 aromatic carbocycles. The predicted molar refractivity (Wildman–Crippen MR) is 46.6 cm³/mol. The third-order valence-electron chi connectivity index (χ3n) is 1.79. The fraction of sp³-hybridized carbons (Fsp3) is 0.200. The van der Waals surface area contributed by atoms with Crippen LogP contribution in [0.4, 0.5) is 13.2 Å². The molecule has 0 radical (unpaired) electrons. The van der Waals surface area contributed by atoms with Gasteiger partial charge in [-0.25, -0.2) is 0 Å². The Balaban J connectivity index is 2.89. The number of carbonyl (C=O) groups excluding carboxylic acids is 2. The number of hydrogen-bond donors (Lipinski definition) is 0. The van der Waals surface area contributed by atoms with Crippen molar-refractivity contribution >= 4 is 12.1 Å². The second kappa shape index (κ2) is 4.25. The lowest BCUT2D eigenvalue weighted by Crippen LogP contribution is -2.22. The van der Waals surface area contributed by atoms with E-state index in [4.69, 9.17) is 0 Å². The van der Waals surface area contributed by atoms with Crippen molar-refractivity contribution in [3.63, 3.8) is 0 Å². The van der Waals surface area contributed by atoms with Crippen LogP contribution in [0, 0.1) is 0 Å². The van der Waals surface area contributed by atoms with E-state index in [0.717, 1.165) is 12.1 Å². The van der Waals surface area contributed by atoms with Gasteiger partial charge in [-0.15, -0.1) is 0 Å². The van der Waals surface area contributed by atoms with Crippen LogP contribution in [-0.2, 0) is 11.2 Å². The first kappa shape index (κ1) is 11.4. The highest BCUT2D eigenvalue weighted by Crippen LogP contribution is 2.21. The summed E-state index contributed by atoms with van der Waals surface area (Å²) in [6, 6.07) is 4.78. The number of carbonyl (C=O) groups is 2. The molecule has 0 unspecified atom stereocenters. The molecule has 0 spiro atoms. The minimum Gasteiger partial charge on any atom is -0.303 e. The fourth-order valence-electron chi connectivity index (χ4n) is 1.05. The molecular formula is C10H7F3O2. The summed E-state index contributed by atoms with van der Waals surface area (Å²) in [5.41, 5.74) is 0.154. The van der Waals surface area contributed by atoms with Gasteiger partial charge in [-0.05, 0) is 5.56 Å². The molecule has 0 aliphatic heterocycles. The van der Waals surface area contributed by atoms with Crippen molar-refractivity contribution in [2.24, 2.45) is 0 Å². The first-order valence-electron chi connectivity index (χ1n) is 4.09. The molecule has 0 N–H and O–H groups in total. The van der Waals surface area contributed by atoms with E-state index >= 15 is 0 Å². The van der Waals surface area contributed by atoms with Crippen molar-refractivity contribution in [2.75, 3.05) is 0 Å². The van der Waals surface area contributed by atoms with Crippen molar-refractivity contribution in [2.45, 2.75) is 12.6 Å². The van der Waals surface area contributed by atoms with Crippen LogP contribution < -0.4 is 0 Å². The Morgan fingerprint density at radius 3 is 2.13 bits per heavy atom. The van der Waals surface area contributed by atoms with Gasteiger partial charge in [0.1, 0.15) is 6.29 Å². The molecule has 0 heterocycles. The summed E-state index contributed by atoms with van der Waals surface area (Å²) in [6.45, 7) is 0. The zero-order valence-electron chi connectivity index (χ0n) is 7.54. The Labute approximate surface area is 83.7 Å². The number of hydrogen-bond acceptors (Lipinski definition) is 2. The van der Waals surface area contributed by atoms with Crippen LogP contribution in [0.2, 0.25) is 0 Å². The molecule has 0 aliphatic carbocycles. The smallest absolute Gasteiger partial charge is 0.303 e. The summed E-state index contributed by atoms with van der Waals surface area (Å²) in [5, 5.41) is 0. The van der Waals surface area contributed by atoms with E-state index in [-0.39, 0.29) is 6.42 Å². The summed E-state index contributed by atoms with van der Waals surface area (Å²) >= 11 is 0. The molecule has 0 aromatic heterocycles. The Morgan fingerprint density at radius 1 is 1.20 bits per heavy atom. The van der Waals surface area contributed by atoms with Crippen molar-refractivity contribution in [1.82, 2.24) is 0 Å². The van der Waals surface area contributed by atoms with E-state index in [0.29, 0.717) is 11.8 Å². The SMILES string of the molecule is O=CCc1ccc(C(=O)C(F)(F)F)cc1. The number of alkyl halides is 3. The highest BCUT2D eigenvalue weighted by molar-refractivity contribution is 6.00. The van der Waals surface area contributed by atoms with Gasteiger partial charge in [0, 0.05) is 12.0 Å². The molecule has 0 fully saturated rings. The normalized spacial score (nSPS) is 11.1. The number of rotatable bonds is 3. The van der Waals surface area contributed by atoms with Crippen LogP contribution in [0.15, 0.2) is 24.3 Å². The minimum atomic E-state index is -4.85. The van der Waals surface area contributed by atoms with E-state index in [1.54, 1.807) is 0 Å². The van der Waals surface area contributed by atoms with Crippen LogP contribution in [0.5, 0.6) is 0 Å². The number of halogens is 3. The Bertz CT molecular complexity index is 365. The van der Waals surface area contributed by atoms with Crippen LogP contribution in [0.3, 0.4) is 0 Å². The van der Waals surface area contributed by atoms with E-state index < -0.39 is 17.5 Å². The lowest BCUT2D eigenvalue weighted by Gasteiger charge is -2.05. The molecule has 5 heteroatoms. The molecule has 0 saturated heterocycles. The van der Waals surface area contributed by atoms with Gasteiger partial charge in [0.15, 0.2) is 0 Å². The summed E-state index contributed by atoms with van der Waals surface area (Å²) < 4.78 is 35.9. The van der Waals surface area contributed by atoms with Crippen molar-refractivity contribution < 1.29 is 22.8 Å². The lowest BCUT2D eigenvalue weighted by atomic mass is 10.1. The third kappa shape index (κ3) is 2.90. The molecule has 80 valence electrons. The highest BCUT2D eigenvalue weighted by atomic mass is 19.4. The second-order valence-electron chi connectivity index (χ2n) is 2.89. The average Bonchev–Trinajstić information content (AvgIpc) is 2.17. The molecule has 0 aliphatic rings. The van der Waals surface area contributed by atoms with Crippen molar-refractivity contribution in [3.8, 4) is 0 Å². The van der Waals surface area contributed by atoms with Crippen LogP contribution >= 0.6 is 0 Å². The van der Waals surface area contributed by atoms with Gasteiger partial charge in [0.2, 0.25) is 0 Å². The molecular weight excluding hydrogens is 209 g/mol. The van der Waals surface area contributed by atoms with Gasteiger partial charge in [-0.2, -0.15) is 13.2 Å². The van der Waals surface area contributed by atoms with E-state index in [1.165, 1.54) is 12.1 Å². The maximum Gasteiger partial charge on any atom is 0.454 e. The van der Waals surface area contributed by atoms with Gasteiger partial charge < -0.3 is 4.79 Å². The van der Waals surface area contributed by atoms with Gasteiger partial charge >= 0.3 is 6.18 Å². The predicted octanol–water partition coefficient (Wildman–Crippen LogP) is 2.17. The van der Waals surface area contributed by atoms with Gasteiger partial charge in [0.05, 0.1) is 0 Å². The summed E-state index contributed by atoms with van der Waals surface area (Å²) in [4.78, 5) is 20.8. The van der Waals surface area contributed by atoms with Gasteiger partial charge in [0.25, 0.3) is 5.78 Å². The van der Waals surface area contributed by atoms with Crippen LogP contribution in [0.1, 0.15) is 15.9 Å². The summed E-state index contributed by atoms with van der Waals surface area (Å²) in [5.74, 6) is -1.87. The van der Waals surface area contributed by atoms with E-state index in [9.17, 15) is 22.8 Å². The number of Topliss-reactive ketones (excluding diaryl/α,β-unsaturated/α-hetero) is 1. The number of ketones is 1. The van der Waals surface area contributed by atoms with Gasteiger partial charge in [-0.1, -0.05) is 24.3 Å². The Morgan fingerprint density at radius 2 is 1.73 bits per heavy atom. The minimum absolute atomic E-state index is 0.125. The highest BCUT2D eigenvalue weighted by Gasteiger charge is 2.38. The molecule has 0 atom stereocenters. The Kier molecular flexibility index (Phi) is 3.24. The molecule has 2 nitrogen and oxygen atoms in total. The third-order valence-corrected chi connectivity index (χ3v) is 1.79. The lowest BCUT2D eigenvalue weighted by molar-refractivity contribution is -0.107. The molecule has 1 rings (SSSR count). The number of aldehydes is 1. The monoisotopic (exact) mass is 216 g/mol. The van der Waals surface area contributed by atoms with E-state index in [1.807, 2.05) is 0 Å². The largest absolute Gasteiger partial charge is 0.454 e. The zero-order chi connectivity index (χ0) is 11.5. The van der Waals surface area contributed by atoms with Crippen molar-refractivity contribution in [3.05, 3.63) is 35.4 Å². The fourth-order valence-corrected chi connectivity index (χ4v) is 1.05. The molecule has 0 bridgehead atoms. The second-order valence-corrected chi connectivity index (χ2v) is 2.89. The van der Waals surface area contributed by atoms with Gasteiger partial charge in [-0.3, -0.25) is 4.79 Å². The average molecular weight is 216 g/mol. The maximum absolute atomic E-state index is 12.0. The van der Waals surface area contributed by atoms with Crippen LogP contribution in [0.25, 0.3) is 0 Å². The summed E-state index contributed by atoms with van der Waals surface area (Å²) in [6.07, 6.45) is -4.09. The quantitative estimate of drug-likeness (QED) is 0.573. The Hall–Kier alpha value is -1.65. The maximum atomic E-state index is 12.0.